The summed E-state index contributed by atoms with van der Waals surface area (Å²) in [6.07, 6.45) is 0. The molecule has 0 unspecified atom stereocenters. The molecule has 0 fully saturated rings. The molecule has 0 rings (SSSR count). The molecule has 2 amide bonds. The molecular weight excluding hydrogens is 310 g/mol. The van der Waals surface area contributed by atoms with Crippen LogP contribution in [-0.4, -0.2) is 64.9 Å². The maximum atomic E-state index is 11.7. The van der Waals surface area contributed by atoms with Gasteiger partial charge in [-0.1, -0.05) is 27.7 Å². The van der Waals surface area contributed by atoms with E-state index in [0.29, 0.717) is 26.3 Å². The van der Waals surface area contributed by atoms with Crippen LogP contribution in [0.25, 0.3) is 0 Å². The highest BCUT2D eigenvalue weighted by Crippen LogP contribution is 2.18. The van der Waals surface area contributed by atoms with Crippen molar-refractivity contribution in [2.24, 2.45) is 10.8 Å². The van der Waals surface area contributed by atoms with E-state index in [1.165, 1.54) is 0 Å². The highest BCUT2D eigenvalue weighted by Gasteiger charge is 2.22. The van der Waals surface area contributed by atoms with Crippen LogP contribution in [-0.2, 0) is 19.1 Å². The summed E-state index contributed by atoms with van der Waals surface area (Å²) >= 11 is 0. The lowest BCUT2D eigenvalue weighted by molar-refractivity contribution is -0.131. The van der Waals surface area contributed by atoms with E-state index in [1.54, 1.807) is 0 Å². The van der Waals surface area contributed by atoms with Gasteiger partial charge in [-0.2, -0.15) is 0 Å². The normalized spacial score (nSPS) is 12.1. The Balaban J connectivity index is 3.93. The lowest BCUT2D eigenvalue weighted by Crippen LogP contribution is -2.40. The Labute approximate surface area is 146 Å². The Morgan fingerprint density at radius 2 is 1.33 bits per heavy atom. The van der Waals surface area contributed by atoms with E-state index in [2.05, 4.69) is 29.8 Å². The first-order valence-corrected chi connectivity index (χ1v) is 8.45. The topological polar surface area (TPSA) is 88.7 Å². The van der Waals surface area contributed by atoms with E-state index < -0.39 is 0 Å². The second-order valence-electron chi connectivity index (χ2n) is 7.57. The molecule has 0 aromatic heterocycles. The summed E-state index contributed by atoms with van der Waals surface area (Å²) in [6.45, 7) is 13.1. The molecule has 0 bridgehead atoms. The van der Waals surface area contributed by atoms with Crippen molar-refractivity contribution in [2.45, 2.75) is 34.6 Å². The van der Waals surface area contributed by atoms with Gasteiger partial charge in [0.05, 0.1) is 13.2 Å². The minimum atomic E-state index is -0.233. The van der Waals surface area contributed by atoms with Gasteiger partial charge >= 0.3 is 0 Å². The second kappa shape index (κ2) is 11.4. The zero-order valence-electron chi connectivity index (χ0n) is 16.1. The number of carbonyl (C=O) groups is 2. The van der Waals surface area contributed by atoms with Gasteiger partial charge in [-0.3, -0.25) is 9.59 Å². The Kier molecular flexibility index (Phi) is 10.8. The van der Waals surface area contributed by atoms with E-state index in [-0.39, 0.29) is 35.9 Å². The highest BCUT2D eigenvalue weighted by molar-refractivity contribution is 5.79. The molecule has 0 spiro atoms. The second-order valence-corrected chi connectivity index (χ2v) is 7.57. The van der Waals surface area contributed by atoms with Crippen molar-refractivity contribution < 1.29 is 19.1 Å². The summed E-state index contributed by atoms with van der Waals surface area (Å²) in [5.41, 5.74) is -0.105. The quantitative estimate of drug-likeness (QED) is 0.453. The molecule has 0 saturated carbocycles. The third kappa shape index (κ3) is 12.3. The smallest absolute Gasteiger partial charge is 0.246 e. The molecule has 0 heterocycles. The van der Waals surface area contributed by atoms with Crippen molar-refractivity contribution in [3.05, 3.63) is 0 Å². The summed E-state index contributed by atoms with van der Waals surface area (Å²) in [5, 5.41) is 8.57. The number of nitrogens with one attached hydrogen (secondary N) is 3. The van der Waals surface area contributed by atoms with Gasteiger partial charge in [0, 0.05) is 30.5 Å². The molecule has 0 aliphatic rings. The Morgan fingerprint density at radius 1 is 0.833 bits per heavy atom. The van der Waals surface area contributed by atoms with E-state index >= 15 is 0 Å². The summed E-state index contributed by atoms with van der Waals surface area (Å²) in [4.78, 5) is 22.9. The number of carbonyl (C=O) groups excluding carboxylic acids is 2. The number of likely N-dealkylation sites (N-methyl/N-ethyl adjacent to an activating group) is 1. The van der Waals surface area contributed by atoms with Crippen molar-refractivity contribution in [2.75, 3.05) is 53.1 Å². The summed E-state index contributed by atoms with van der Waals surface area (Å²) in [5.74, 6) is -0.453. The van der Waals surface area contributed by atoms with E-state index in [1.807, 2.05) is 27.8 Å². The van der Waals surface area contributed by atoms with Gasteiger partial charge in [0.15, 0.2) is 0 Å². The van der Waals surface area contributed by atoms with Crippen LogP contribution >= 0.6 is 0 Å². The molecule has 0 aliphatic carbocycles. The first-order chi connectivity index (χ1) is 11.1. The molecule has 7 heteroatoms. The van der Waals surface area contributed by atoms with Crippen molar-refractivity contribution in [1.82, 2.24) is 16.0 Å². The molecule has 0 aromatic carbocycles. The summed E-state index contributed by atoms with van der Waals surface area (Å²) in [7, 11) is 1.93. The minimum absolute atomic E-state index is 0.0704. The molecule has 142 valence electrons. The van der Waals surface area contributed by atoms with Crippen LogP contribution in [0.2, 0.25) is 0 Å². The van der Waals surface area contributed by atoms with Crippen LogP contribution in [0.1, 0.15) is 34.6 Å². The molecule has 24 heavy (non-hydrogen) atoms. The van der Waals surface area contributed by atoms with Gasteiger partial charge < -0.3 is 25.4 Å². The molecular formula is C17H35N3O4. The fourth-order valence-electron chi connectivity index (χ4n) is 2.06. The van der Waals surface area contributed by atoms with Crippen molar-refractivity contribution in [1.29, 1.82) is 0 Å². The SMILES string of the molecule is CCNC(=O)COCC(=O)NCC(C)(C)COCC(C)(C)CNC. The maximum Gasteiger partial charge on any atom is 0.246 e. The van der Waals surface area contributed by atoms with Crippen molar-refractivity contribution >= 4 is 11.8 Å². The number of ether oxygens (including phenoxy) is 2. The molecule has 7 nitrogen and oxygen atoms in total. The third-order valence-electron chi connectivity index (χ3n) is 3.25. The fourth-order valence-corrected chi connectivity index (χ4v) is 2.06. The fraction of sp³-hybridized carbons (Fsp3) is 0.882. The van der Waals surface area contributed by atoms with Gasteiger partial charge in [-0.15, -0.1) is 0 Å². The average Bonchev–Trinajstić information content (AvgIpc) is 2.45. The minimum Gasteiger partial charge on any atom is -0.380 e. The predicted octanol–water partition coefficient (Wildman–Crippen LogP) is 0.544. The molecule has 0 aliphatic heterocycles. The molecule has 0 atom stereocenters. The van der Waals surface area contributed by atoms with Gasteiger partial charge in [0.2, 0.25) is 11.8 Å². The Bertz CT molecular complexity index is 384. The van der Waals surface area contributed by atoms with Crippen LogP contribution in [0.3, 0.4) is 0 Å². The first kappa shape index (κ1) is 22.8. The van der Waals surface area contributed by atoms with Crippen LogP contribution in [0.4, 0.5) is 0 Å². The Hall–Kier alpha value is -1.18. The van der Waals surface area contributed by atoms with Gasteiger partial charge in [0.1, 0.15) is 13.2 Å². The number of hydrogen-bond acceptors (Lipinski definition) is 5. The summed E-state index contributed by atoms with van der Waals surface area (Å²) < 4.78 is 10.9. The van der Waals surface area contributed by atoms with Crippen LogP contribution in [0.5, 0.6) is 0 Å². The number of amides is 2. The van der Waals surface area contributed by atoms with Gasteiger partial charge in [-0.25, -0.2) is 0 Å². The van der Waals surface area contributed by atoms with Crippen molar-refractivity contribution in [3.63, 3.8) is 0 Å². The van der Waals surface area contributed by atoms with E-state index in [9.17, 15) is 9.59 Å². The van der Waals surface area contributed by atoms with Crippen molar-refractivity contribution in [3.8, 4) is 0 Å². The summed E-state index contributed by atoms with van der Waals surface area (Å²) in [6, 6.07) is 0. The maximum absolute atomic E-state index is 11.7. The third-order valence-corrected chi connectivity index (χ3v) is 3.25. The highest BCUT2D eigenvalue weighted by atomic mass is 16.5. The molecule has 3 N–H and O–H groups in total. The lowest BCUT2D eigenvalue weighted by Gasteiger charge is -2.29. The van der Waals surface area contributed by atoms with Crippen LogP contribution < -0.4 is 16.0 Å². The van der Waals surface area contributed by atoms with E-state index in [4.69, 9.17) is 9.47 Å². The standard InChI is InChI=1S/C17H35N3O4/c1-7-19-14(21)8-23-9-15(22)20-11-17(4,5)13-24-12-16(2,3)10-18-6/h18H,7-13H2,1-6H3,(H,19,21)(H,20,22). The van der Waals surface area contributed by atoms with Crippen LogP contribution in [0, 0.1) is 10.8 Å². The number of rotatable bonds is 13. The van der Waals surface area contributed by atoms with Gasteiger partial charge in [-0.05, 0) is 14.0 Å². The zero-order valence-corrected chi connectivity index (χ0v) is 16.1. The Morgan fingerprint density at radius 3 is 1.83 bits per heavy atom. The largest absolute Gasteiger partial charge is 0.380 e. The number of hydrogen-bond donors (Lipinski definition) is 3. The monoisotopic (exact) mass is 345 g/mol. The first-order valence-electron chi connectivity index (χ1n) is 8.45. The molecule has 0 saturated heterocycles. The van der Waals surface area contributed by atoms with Gasteiger partial charge in [0.25, 0.3) is 0 Å². The average molecular weight is 345 g/mol. The lowest BCUT2D eigenvalue weighted by atomic mass is 9.93. The molecule has 0 aromatic rings. The zero-order chi connectivity index (χ0) is 18.6. The van der Waals surface area contributed by atoms with E-state index in [0.717, 1.165) is 6.54 Å². The predicted molar refractivity (Wildman–Crippen MR) is 94.8 cm³/mol. The van der Waals surface area contributed by atoms with Crippen LogP contribution in [0.15, 0.2) is 0 Å². The molecule has 0 radical (unpaired) electrons.